The molecule has 0 aliphatic heterocycles. The van der Waals surface area contributed by atoms with Crippen molar-refractivity contribution < 1.29 is 28.6 Å². The Bertz CT molecular complexity index is 1130. The van der Waals surface area contributed by atoms with E-state index in [9.17, 15) is 14.4 Å². The standard InChI is InChI=1S/C56H98O6/c1-4-7-10-13-16-19-22-25-27-29-31-34-37-40-43-46-49-55(58)61-52-53(51-60-54(57)48-45-42-39-36-33-30-24-21-18-15-12-9-6-3)62-56(59)50-47-44-41-38-35-32-28-26-23-20-17-14-11-8-5-2/h8,11,14,17,20,23,26-29,53H,4-7,9-10,12-13,15-16,18-19,21-22,24-25,30-52H2,1-3H3/b11-8-,17-14-,23-20-,28-26-,29-27-. The van der Waals surface area contributed by atoms with Crippen LogP contribution in [-0.2, 0) is 28.6 Å². The monoisotopic (exact) mass is 867 g/mol. The number of esters is 3. The molecule has 0 aromatic rings. The van der Waals surface area contributed by atoms with Crippen LogP contribution in [0.1, 0.15) is 258 Å². The summed E-state index contributed by atoms with van der Waals surface area (Å²) in [6.45, 7) is 6.48. The molecule has 0 saturated carbocycles. The number of ether oxygens (including phenoxy) is 3. The van der Waals surface area contributed by atoms with E-state index in [0.717, 1.165) is 89.9 Å². The largest absolute Gasteiger partial charge is 0.462 e. The van der Waals surface area contributed by atoms with Gasteiger partial charge in [0.1, 0.15) is 13.2 Å². The van der Waals surface area contributed by atoms with E-state index in [1.807, 2.05) is 18.2 Å². The van der Waals surface area contributed by atoms with E-state index in [2.05, 4.69) is 63.3 Å². The first kappa shape index (κ1) is 59.1. The number of hydrogen-bond donors (Lipinski definition) is 0. The van der Waals surface area contributed by atoms with Crippen molar-refractivity contribution in [2.75, 3.05) is 13.2 Å². The van der Waals surface area contributed by atoms with Gasteiger partial charge in [-0.05, 0) is 64.2 Å². The summed E-state index contributed by atoms with van der Waals surface area (Å²) in [4.78, 5) is 38.0. The molecule has 6 heteroatoms. The highest BCUT2D eigenvalue weighted by Gasteiger charge is 2.19. The molecule has 0 spiro atoms. The quantitative estimate of drug-likeness (QED) is 0.0199. The fourth-order valence-corrected chi connectivity index (χ4v) is 7.39. The fraction of sp³-hybridized carbons (Fsp3) is 0.768. The molecule has 0 saturated heterocycles. The van der Waals surface area contributed by atoms with Gasteiger partial charge in [0.25, 0.3) is 0 Å². The maximum absolute atomic E-state index is 12.8. The van der Waals surface area contributed by atoms with E-state index < -0.39 is 6.10 Å². The van der Waals surface area contributed by atoms with Gasteiger partial charge in [0.15, 0.2) is 6.10 Å². The average molecular weight is 867 g/mol. The van der Waals surface area contributed by atoms with E-state index >= 15 is 0 Å². The minimum Gasteiger partial charge on any atom is -0.462 e. The van der Waals surface area contributed by atoms with E-state index in [0.29, 0.717) is 19.3 Å². The van der Waals surface area contributed by atoms with Gasteiger partial charge >= 0.3 is 17.9 Å². The summed E-state index contributed by atoms with van der Waals surface area (Å²) < 4.78 is 16.8. The van der Waals surface area contributed by atoms with Gasteiger partial charge in [-0.1, -0.05) is 236 Å². The van der Waals surface area contributed by atoms with Gasteiger partial charge in [-0.15, -0.1) is 0 Å². The first-order valence-corrected chi connectivity index (χ1v) is 26.3. The second-order valence-electron chi connectivity index (χ2n) is 17.5. The smallest absolute Gasteiger partial charge is 0.306 e. The summed E-state index contributed by atoms with van der Waals surface area (Å²) in [5, 5.41) is 0. The summed E-state index contributed by atoms with van der Waals surface area (Å²) in [6.07, 6.45) is 62.0. The molecule has 6 nitrogen and oxygen atoms in total. The first-order chi connectivity index (χ1) is 30.5. The Morgan fingerprint density at radius 1 is 0.339 bits per heavy atom. The van der Waals surface area contributed by atoms with Crippen LogP contribution in [0.2, 0.25) is 0 Å². The van der Waals surface area contributed by atoms with Crippen LogP contribution in [0, 0.1) is 0 Å². The van der Waals surface area contributed by atoms with Crippen molar-refractivity contribution in [3.05, 3.63) is 60.8 Å². The van der Waals surface area contributed by atoms with Crippen LogP contribution in [0.3, 0.4) is 0 Å². The van der Waals surface area contributed by atoms with Crippen molar-refractivity contribution in [3.63, 3.8) is 0 Å². The van der Waals surface area contributed by atoms with Crippen LogP contribution in [0.4, 0.5) is 0 Å². The Balaban J connectivity index is 4.42. The average Bonchev–Trinajstić information content (AvgIpc) is 3.27. The summed E-state index contributed by atoms with van der Waals surface area (Å²) in [6, 6.07) is 0. The summed E-state index contributed by atoms with van der Waals surface area (Å²) >= 11 is 0. The van der Waals surface area contributed by atoms with Crippen LogP contribution in [-0.4, -0.2) is 37.2 Å². The molecule has 62 heavy (non-hydrogen) atoms. The molecule has 0 bridgehead atoms. The number of allylic oxidation sites excluding steroid dienone is 10. The van der Waals surface area contributed by atoms with Crippen LogP contribution < -0.4 is 0 Å². The molecule has 0 N–H and O–H groups in total. The number of hydrogen-bond acceptors (Lipinski definition) is 6. The number of carbonyl (C=O) groups excluding carboxylic acids is 3. The molecule has 0 radical (unpaired) electrons. The number of carbonyl (C=O) groups is 3. The van der Waals surface area contributed by atoms with E-state index in [1.54, 1.807) is 0 Å². The highest BCUT2D eigenvalue weighted by Crippen LogP contribution is 2.15. The van der Waals surface area contributed by atoms with Gasteiger partial charge in [-0.25, -0.2) is 0 Å². The third-order valence-electron chi connectivity index (χ3n) is 11.4. The van der Waals surface area contributed by atoms with Gasteiger partial charge in [0, 0.05) is 19.3 Å². The minimum absolute atomic E-state index is 0.0846. The zero-order valence-electron chi connectivity index (χ0n) is 40.9. The van der Waals surface area contributed by atoms with Crippen LogP contribution in [0.5, 0.6) is 0 Å². The molecule has 358 valence electrons. The molecular weight excluding hydrogens is 769 g/mol. The van der Waals surface area contributed by atoms with Crippen LogP contribution in [0.15, 0.2) is 60.8 Å². The molecule has 0 aliphatic rings. The van der Waals surface area contributed by atoms with E-state index in [4.69, 9.17) is 14.2 Å². The van der Waals surface area contributed by atoms with Gasteiger partial charge in [-0.2, -0.15) is 0 Å². The molecule has 0 rings (SSSR count). The maximum Gasteiger partial charge on any atom is 0.306 e. The zero-order valence-corrected chi connectivity index (χ0v) is 40.9. The Kier molecular flexibility index (Phi) is 48.4. The lowest BCUT2D eigenvalue weighted by molar-refractivity contribution is -0.167. The highest BCUT2D eigenvalue weighted by molar-refractivity contribution is 5.71. The SMILES string of the molecule is CC\C=C/C=C\C=C/C=C\CCCCCCCC(=O)OC(COC(=O)CCCCCCC/C=C\CCCCCCCCC)COC(=O)CCCCCCCCCCCCCCC. The normalized spacial score (nSPS) is 12.5. The summed E-state index contributed by atoms with van der Waals surface area (Å²) in [5.74, 6) is -0.910. The summed E-state index contributed by atoms with van der Waals surface area (Å²) in [7, 11) is 0. The molecule has 0 aliphatic carbocycles. The van der Waals surface area contributed by atoms with Crippen molar-refractivity contribution in [1.29, 1.82) is 0 Å². The van der Waals surface area contributed by atoms with Gasteiger partial charge in [0.05, 0.1) is 0 Å². The predicted molar refractivity (Wildman–Crippen MR) is 265 cm³/mol. The first-order valence-electron chi connectivity index (χ1n) is 26.3. The number of unbranched alkanes of at least 4 members (excludes halogenated alkanes) is 29. The molecule has 0 aromatic carbocycles. The maximum atomic E-state index is 12.8. The minimum atomic E-state index is -0.787. The van der Waals surface area contributed by atoms with E-state index in [-0.39, 0.29) is 31.1 Å². The molecular formula is C56H98O6. The van der Waals surface area contributed by atoms with Crippen molar-refractivity contribution in [2.24, 2.45) is 0 Å². The van der Waals surface area contributed by atoms with Crippen LogP contribution >= 0.6 is 0 Å². The van der Waals surface area contributed by atoms with Crippen molar-refractivity contribution in [3.8, 4) is 0 Å². The Labute approximate surface area is 383 Å². The van der Waals surface area contributed by atoms with Gasteiger partial charge in [0.2, 0.25) is 0 Å². The topological polar surface area (TPSA) is 78.9 Å². The van der Waals surface area contributed by atoms with Crippen molar-refractivity contribution in [2.45, 2.75) is 264 Å². The van der Waals surface area contributed by atoms with Crippen molar-refractivity contribution >= 4 is 17.9 Å². The van der Waals surface area contributed by atoms with Gasteiger partial charge in [-0.3, -0.25) is 14.4 Å². The molecule has 1 unspecified atom stereocenters. The number of rotatable bonds is 47. The Morgan fingerprint density at radius 3 is 1.03 bits per heavy atom. The fourth-order valence-electron chi connectivity index (χ4n) is 7.39. The lowest BCUT2D eigenvalue weighted by Crippen LogP contribution is -2.30. The third kappa shape index (κ3) is 48.1. The predicted octanol–water partition coefficient (Wildman–Crippen LogP) is 17.3. The zero-order chi connectivity index (χ0) is 45.1. The molecule has 0 amide bonds. The third-order valence-corrected chi connectivity index (χ3v) is 11.4. The molecule has 0 fully saturated rings. The lowest BCUT2D eigenvalue weighted by Gasteiger charge is -2.18. The van der Waals surface area contributed by atoms with Crippen molar-refractivity contribution in [1.82, 2.24) is 0 Å². The highest BCUT2D eigenvalue weighted by atomic mass is 16.6. The second kappa shape index (κ2) is 50.8. The second-order valence-corrected chi connectivity index (χ2v) is 17.5. The molecule has 1 atom stereocenters. The van der Waals surface area contributed by atoms with Crippen LogP contribution in [0.25, 0.3) is 0 Å². The molecule has 0 heterocycles. The molecule has 0 aromatic heterocycles. The Morgan fingerprint density at radius 2 is 0.645 bits per heavy atom. The lowest BCUT2D eigenvalue weighted by atomic mass is 10.0. The van der Waals surface area contributed by atoms with Gasteiger partial charge < -0.3 is 14.2 Å². The van der Waals surface area contributed by atoms with E-state index in [1.165, 1.54) is 128 Å². The summed E-state index contributed by atoms with van der Waals surface area (Å²) in [5.41, 5.74) is 0. The Hall–Kier alpha value is -2.89.